The van der Waals surface area contributed by atoms with Gasteiger partial charge in [-0.2, -0.15) is 0 Å². The third-order valence-electron chi connectivity index (χ3n) is 7.13. The Bertz CT molecular complexity index is 727. The fourth-order valence-electron chi connectivity index (χ4n) is 5.00. The van der Waals surface area contributed by atoms with Crippen LogP contribution in [-0.4, -0.2) is 30.4 Å². The van der Waals surface area contributed by atoms with Gasteiger partial charge in [0.15, 0.2) is 0 Å². The molecule has 2 fully saturated rings. The van der Waals surface area contributed by atoms with Crippen molar-refractivity contribution in [1.82, 2.24) is 10.2 Å². The van der Waals surface area contributed by atoms with Gasteiger partial charge < -0.3 is 10.2 Å². The Labute approximate surface area is 169 Å². The Morgan fingerprint density at radius 2 is 1.89 bits per heavy atom. The van der Waals surface area contributed by atoms with E-state index >= 15 is 0 Å². The largest absolute Gasteiger partial charge is 0.349 e. The highest BCUT2D eigenvalue weighted by molar-refractivity contribution is 5.81. The molecule has 0 unspecified atom stereocenters. The number of halogens is 1. The number of benzene rings is 1. The van der Waals surface area contributed by atoms with E-state index in [4.69, 9.17) is 0 Å². The molecule has 28 heavy (non-hydrogen) atoms. The summed E-state index contributed by atoms with van der Waals surface area (Å²) < 4.78 is 14.2. The molecule has 4 heteroatoms. The van der Waals surface area contributed by atoms with Crippen LogP contribution in [0.25, 0.3) is 0 Å². The second kappa shape index (κ2) is 7.44. The molecule has 154 valence electrons. The summed E-state index contributed by atoms with van der Waals surface area (Å²) in [6, 6.07) is 5.30. The van der Waals surface area contributed by atoms with E-state index in [-0.39, 0.29) is 29.1 Å². The molecule has 0 radical (unpaired) electrons. The van der Waals surface area contributed by atoms with Crippen LogP contribution >= 0.6 is 0 Å². The average Bonchev–Trinajstić information content (AvgIpc) is 3.48. The lowest BCUT2D eigenvalue weighted by Gasteiger charge is -2.47. The second-order valence-corrected chi connectivity index (χ2v) is 10.5. The van der Waals surface area contributed by atoms with Gasteiger partial charge in [-0.15, -0.1) is 0 Å². The maximum Gasteiger partial charge on any atom is 0.223 e. The number of hydrogen-bond acceptors (Lipinski definition) is 2. The molecule has 1 amide bonds. The van der Waals surface area contributed by atoms with Gasteiger partial charge in [-0.3, -0.25) is 4.79 Å². The van der Waals surface area contributed by atoms with Crippen LogP contribution in [0.2, 0.25) is 0 Å². The Morgan fingerprint density at radius 1 is 1.18 bits per heavy atom. The van der Waals surface area contributed by atoms with E-state index in [1.807, 2.05) is 6.07 Å². The first kappa shape index (κ1) is 19.9. The molecule has 2 aliphatic carbocycles. The molecule has 1 spiro atoms. The predicted molar refractivity (Wildman–Crippen MR) is 111 cm³/mol. The van der Waals surface area contributed by atoms with Crippen LogP contribution in [0.15, 0.2) is 18.2 Å². The highest BCUT2D eigenvalue weighted by Gasteiger charge is 2.43. The van der Waals surface area contributed by atoms with Crippen molar-refractivity contribution in [3.05, 3.63) is 35.1 Å². The first-order valence-corrected chi connectivity index (χ1v) is 11.1. The van der Waals surface area contributed by atoms with Gasteiger partial charge in [0.2, 0.25) is 5.91 Å². The molecule has 1 aromatic carbocycles. The molecule has 1 N–H and O–H groups in total. The van der Waals surface area contributed by atoms with Gasteiger partial charge in [-0.1, -0.05) is 26.8 Å². The summed E-state index contributed by atoms with van der Waals surface area (Å²) in [6.45, 7) is 10.2. The lowest BCUT2D eigenvalue weighted by atomic mass is 9.63. The van der Waals surface area contributed by atoms with Gasteiger partial charge >= 0.3 is 0 Å². The quantitative estimate of drug-likeness (QED) is 0.793. The van der Waals surface area contributed by atoms with Crippen LogP contribution in [0.1, 0.15) is 82.9 Å². The van der Waals surface area contributed by atoms with E-state index in [1.165, 1.54) is 6.42 Å². The summed E-state index contributed by atoms with van der Waals surface area (Å²) in [5.41, 5.74) is 2.76. The minimum absolute atomic E-state index is 0.0493. The molecule has 0 aromatic heterocycles. The average molecular weight is 387 g/mol. The van der Waals surface area contributed by atoms with Crippen LogP contribution < -0.4 is 5.32 Å². The van der Waals surface area contributed by atoms with E-state index < -0.39 is 0 Å². The zero-order chi connectivity index (χ0) is 19.9. The first-order valence-electron chi connectivity index (χ1n) is 11.1. The van der Waals surface area contributed by atoms with Crippen LogP contribution in [0, 0.1) is 17.2 Å². The number of carbonyl (C=O) groups is 1. The van der Waals surface area contributed by atoms with E-state index in [2.05, 4.69) is 31.0 Å². The van der Waals surface area contributed by atoms with Crippen molar-refractivity contribution >= 4 is 5.91 Å². The van der Waals surface area contributed by atoms with Crippen LogP contribution in [0.5, 0.6) is 0 Å². The summed E-state index contributed by atoms with van der Waals surface area (Å²) in [7, 11) is 0. The van der Waals surface area contributed by atoms with Gasteiger partial charge in [0, 0.05) is 5.92 Å². The van der Waals surface area contributed by atoms with E-state index in [9.17, 15) is 9.18 Å². The van der Waals surface area contributed by atoms with E-state index in [0.29, 0.717) is 5.41 Å². The topological polar surface area (TPSA) is 32.3 Å². The highest BCUT2D eigenvalue weighted by Crippen LogP contribution is 2.48. The van der Waals surface area contributed by atoms with Gasteiger partial charge in [0.1, 0.15) is 5.82 Å². The molecule has 3 aliphatic rings. The number of nitrogens with zero attached hydrogens (tertiary/aromatic N) is 1. The van der Waals surface area contributed by atoms with Gasteiger partial charge in [-0.25, -0.2) is 4.39 Å². The molecule has 1 saturated carbocycles. The Hall–Kier alpha value is -1.42. The fraction of sp³-hybridized carbons (Fsp3) is 0.708. The standard InChI is InChI=1S/C24H35FN2O/c1-23(2,3)10-13-27-14-11-24(12-15-27)9-8-21(26-22(28)17-4-5-17)19-7-6-18(25)16-20(19)24/h6-7,16-17,21H,4-5,8-15H2,1-3H3,(H,26,28)/t21-/m0/s1. The molecule has 1 saturated heterocycles. The number of carbonyl (C=O) groups excluding carboxylic acids is 1. The van der Waals surface area contributed by atoms with Crippen LogP contribution in [-0.2, 0) is 10.2 Å². The van der Waals surface area contributed by atoms with Crippen molar-refractivity contribution in [3.63, 3.8) is 0 Å². The van der Waals surface area contributed by atoms with Crippen molar-refractivity contribution in [2.75, 3.05) is 19.6 Å². The highest BCUT2D eigenvalue weighted by atomic mass is 19.1. The van der Waals surface area contributed by atoms with E-state index in [1.54, 1.807) is 12.1 Å². The summed E-state index contributed by atoms with van der Waals surface area (Å²) in [5, 5.41) is 3.25. The fourth-order valence-corrected chi connectivity index (χ4v) is 5.00. The summed E-state index contributed by atoms with van der Waals surface area (Å²) in [4.78, 5) is 14.9. The van der Waals surface area contributed by atoms with Crippen molar-refractivity contribution < 1.29 is 9.18 Å². The Kier molecular flexibility index (Phi) is 5.28. The molecule has 1 aromatic rings. The molecular weight excluding hydrogens is 351 g/mol. The first-order chi connectivity index (χ1) is 13.3. The third-order valence-corrected chi connectivity index (χ3v) is 7.13. The normalized spacial score (nSPS) is 24.8. The zero-order valence-corrected chi connectivity index (χ0v) is 17.7. The maximum absolute atomic E-state index is 14.2. The van der Waals surface area contributed by atoms with Gasteiger partial charge in [0.25, 0.3) is 0 Å². The third kappa shape index (κ3) is 4.27. The Balaban J connectivity index is 1.49. The van der Waals surface area contributed by atoms with Crippen LogP contribution in [0.3, 0.4) is 0 Å². The van der Waals surface area contributed by atoms with Crippen molar-refractivity contribution in [3.8, 4) is 0 Å². The molecule has 1 aliphatic heterocycles. The SMILES string of the molecule is CC(C)(C)CCN1CCC2(CC[C@H](NC(=O)C3CC3)c3ccc(F)cc32)CC1. The number of likely N-dealkylation sites (tertiary alicyclic amines) is 1. The molecular formula is C24H35FN2O. The predicted octanol–water partition coefficient (Wildman–Crippen LogP) is 4.96. The number of fused-ring (bicyclic) bond motifs is 2. The number of hydrogen-bond donors (Lipinski definition) is 1. The summed E-state index contributed by atoms with van der Waals surface area (Å²) in [5.74, 6) is 0.251. The number of amides is 1. The van der Waals surface area contributed by atoms with Crippen LogP contribution in [0.4, 0.5) is 4.39 Å². The van der Waals surface area contributed by atoms with Crippen molar-refractivity contribution in [2.45, 2.75) is 77.2 Å². The van der Waals surface area contributed by atoms with Gasteiger partial charge in [0.05, 0.1) is 6.04 Å². The minimum Gasteiger partial charge on any atom is -0.349 e. The number of rotatable bonds is 4. The summed E-state index contributed by atoms with van der Waals surface area (Å²) in [6.07, 6.45) is 7.45. The monoisotopic (exact) mass is 386 g/mol. The molecule has 3 nitrogen and oxygen atoms in total. The minimum atomic E-state index is -0.151. The second-order valence-electron chi connectivity index (χ2n) is 10.5. The molecule has 1 heterocycles. The molecule has 0 bridgehead atoms. The smallest absolute Gasteiger partial charge is 0.223 e. The summed E-state index contributed by atoms with van der Waals surface area (Å²) >= 11 is 0. The van der Waals surface area contributed by atoms with Crippen molar-refractivity contribution in [2.24, 2.45) is 11.3 Å². The lowest BCUT2D eigenvalue weighted by molar-refractivity contribution is -0.123. The lowest BCUT2D eigenvalue weighted by Crippen LogP contribution is -2.47. The van der Waals surface area contributed by atoms with Gasteiger partial charge in [-0.05, 0) is 98.7 Å². The van der Waals surface area contributed by atoms with Crippen molar-refractivity contribution in [1.29, 1.82) is 0 Å². The Morgan fingerprint density at radius 3 is 2.54 bits per heavy atom. The zero-order valence-electron chi connectivity index (χ0n) is 17.7. The number of piperidine rings is 1. The molecule has 1 atom stereocenters. The molecule has 4 rings (SSSR count). The maximum atomic E-state index is 14.2. The number of nitrogens with one attached hydrogen (secondary N) is 1. The van der Waals surface area contributed by atoms with E-state index in [0.717, 1.165) is 69.3 Å².